The average molecular weight is 407 g/mol. The molecular formula is C22H21N3O5. The highest BCUT2D eigenvalue weighted by atomic mass is 16.6. The molecule has 3 aromatic rings. The molecule has 0 unspecified atom stereocenters. The van der Waals surface area contributed by atoms with Gasteiger partial charge >= 0.3 is 0 Å². The quantitative estimate of drug-likeness (QED) is 0.462. The average Bonchev–Trinajstić information content (AvgIpc) is 3.21. The molecule has 5 atom stereocenters. The number of aliphatic hydroxyl groups is 4. The topological polar surface area (TPSA) is 121 Å². The Bertz CT molecular complexity index is 1040. The molecule has 2 aromatic carbocycles. The first-order valence-corrected chi connectivity index (χ1v) is 9.48. The number of aromatic nitrogens is 3. The van der Waals surface area contributed by atoms with Gasteiger partial charge in [-0.1, -0.05) is 59.7 Å². The lowest BCUT2D eigenvalue weighted by Crippen LogP contribution is -2.56. The van der Waals surface area contributed by atoms with Crippen molar-refractivity contribution in [1.29, 1.82) is 0 Å². The van der Waals surface area contributed by atoms with Crippen LogP contribution < -0.4 is 0 Å². The second-order valence-electron chi connectivity index (χ2n) is 6.93. The Labute approximate surface area is 173 Å². The van der Waals surface area contributed by atoms with Crippen molar-refractivity contribution in [2.24, 2.45) is 0 Å². The Morgan fingerprint density at radius 1 is 0.867 bits per heavy atom. The zero-order valence-corrected chi connectivity index (χ0v) is 15.9. The Kier molecular flexibility index (Phi) is 5.90. The monoisotopic (exact) mass is 407 g/mol. The Morgan fingerprint density at radius 3 is 2.20 bits per heavy atom. The number of rotatable bonds is 3. The molecule has 0 bridgehead atoms. The SMILES string of the molecule is OC[C@H]1O[C@@H](n2nnc(-c3ccccc3)c2C#Cc2ccccc2)[C@H](O)[C@@H](O)[C@@H]1O. The van der Waals surface area contributed by atoms with Gasteiger partial charge in [0, 0.05) is 11.1 Å². The van der Waals surface area contributed by atoms with E-state index >= 15 is 0 Å². The molecule has 1 fully saturated rings. The van der Waals surface area contributed by atoms with Crippen LogP contribution in [0.5, 0.6) is 0 Å². The van der Waals surface area contributed by atoms with Crippen LogP contribution in [0.4, 0.5) is 0 Å². The Morgan fingerprint density at radius 2 is 1.53 bits per heavy atom. The van der Waals surface area contributed by atoms with Gasteiger partial charge in [-0.25, -0.2) is 4.68 Å². The van der Waals surface area contributed by atoms with Crippen LogP contribution in [0.2, 0.25) is 0 Å². The van der Waals surface area contributed by atoms with Crippen LogP contribution in [0.1, 0.15) is 17.5 Å². The van der Waals surface area contributed by atoms with Gasteiger partial charge in [0.05, 0.1) is 6.61 Å². The van der Waals surface area contributed by atoms with E-state index in [1.54, 1.807) is 0 Å². The van der Waals surface area contributed by atoms with Gasteiger partial charge in [-0.3, -0.25) is 0 Å². The van der Waals surface area contributed by atoms with Crippen molar-refractivity contribution in [3.8, 4) is 23.1 Å². The highest BCUT2D eigenvalue weighted by Crippen LogP contribution is 2.31. The molecule has 154 valence electrons. The summed E-state index contributed by atoms with van der Waals surface area (Å²) in [5.74, 6) is 6.09. The third-order valence-corrected chi connectivity index (χ3v) is 4.95. The van der Waals surface area contributed by atoms with Gasteiger partial charge in [0.2, 0.25) is 0 Å². The highest BCUT2D eigenvalue weighted by molar-refractivity contribution is 5.65. The first kappa shape index (κ1) is 20.2. The molecule has 4 N–H and O–H groups in total. The molecule has 0 amide bonds. The van der Waals surface area contributed by atoms with Crippen molar-refractivity contribution in [3.05, 3.63) is 71.9 Å². The summed E-state index contributed by atoms with van der Waals surface area (Å²) in [5, 5.41) is 48.5. The third kappa shape index (κ3) is 3.85. The normalized spacial score (nSPS) is 26.1. The maximum atomic E-state index is 10.5. The molecule has 4 rings (SSSR count). The van der Waals surface area contributed by atoms with Crippen LogP contribution in [0.3, 0.4) is 0 Å². The summed E-state index contributed by atoms with van der Waals surface area (Å²) >= 11 is 0. The summed E-state index contributed by atoms with van der Waals surface area (Å²) in [5.41, 5.74) is 2.40. The molecule has 30 heavy (non-hydrogen) atoms. The van der Waals surface area contributed by atoms with Crippen LogP contribution in [0.15, 0.2) is 60.7 Å². The fourth-order valence-corrected chi connectivity index (χ4v) is 3.32. The number of nitrogens with zero attached hydrogens (tertiary/aromatic N) is 3. The Hall–Kier alpha value is -3.06. The van der Waals surface area contributed by atoms with E-state index in [9.17, 15) is 20.4 Å². The maximum Gasteiger partial charge on any atom is 0.182 e. The molecule has 8 nitrogen and oxygen atoms in total. The lowest BCUT2D eigenvalue weighted by atomic mass is 9.98. The minimum absolute atomic E-state index is 0.370. The first-order chi connectivity index (χ1) is 14.6. The zero-order chi connectivity index (χ0) is 21.1. The zero-order valence-electron chi connectivity index (χ0n) is 15.9. The van der Waals surface area contributed by atoms with Gasteiger partial charge in [-0.2, -0.15) is 0 Å². The molecule has 1 aliphatic heterocycles. The summed E-state index contributed by atoms with van der Waals surface area (Å²) in [6.07, 6.45) is -6.74. The molecule has 8 heteroatoms. The molecule has 0 radical (unpaired) electrons. The largest absolute Gasteiger partial charge is 0.394 e. The molecule has 2 heterocycles. The molecule has 0 aliphatic carbocycles. The van der Waals surface area contributed by atoms with E-state index in [-0.39, 0.29) is 0 Å². The van der Waals surface area contributed by atoms with Gasteiger partial charge in [0.1, 0.15) is 35.8 Å². The van der Waals surface area contributed by atoms with Crippen molar-refractivity contribution in [2.45, 2.75) is 30.6 Å². The summed E-state index contributed by atoms with van der Waals surface area (Å²) in [7, 11) is 0. The van der Waals surface area contributed by atoms with Gasteiger partial charge in [-0.05, 0) is 18.1 Å². The van der Waals surface area contributed by atoms with E-state index in [1.807, 2.05) is 60.7 Å². The summed E-state index contributed by atoms with van der Waals surface area (Å²) < 4.78 is 6.92. The number of hydrogen-bond donors (Lipinski definition) is 4. The van der Waals surface area contributed by atoms with Gasteiger partial charge in [0.25, 0.3) is 0 Å². The third-order valence-electron chi connectivity index (χ3n) is 4.95. The number of benzene rings is 2. The van der Waals surface area contributed by atoms with E-state index in [2.05, 4.69) is 22.2 Å². The van der Waals surface area contributed by atoms with Gasteiger partial charge in [-0.15, -0.1) is 5.10 Å². The standard InChI is InChI=1S/C22H21N3O5/c26-13-17-19(27)20(28)21(29)22(30-17)25-16(12-11-14-7-3-1-4-8-14)18(23-24-25)15-9-5-2-6-10-15/h1-10,17,19-22,26-29H,13H2/t17-,19-,20+,21-,22-/m1/s1. The molecule has 0 saturated carbocycles. The summed E-state index contributed by atoms with van der Waals surface area (Å²) in [6, 6.07) is 18.7. The highest BCUT2D eigenvalue weighted by Gasteiger charge is 2.45. The van der Waals surface area contributed by atoms with Crippen molar-refractivity contribution < 1.29 is 25.2 Å². The van der Waals surface area contributed by atoms with Crippen LogP contribution in [-0.2, 0) is 4.74 Å². The van der Waals surface area contributed by atoms with E-state index in [0.29, 0.717) is 11.4 Å². The van der Waals surface area contributed by atoms with Crippen molar-refractivity contribution in [1.82, 2.24) is 15.0 Å². The van der Waals surface area contributed by atoms with Crippen molar-refractivity contribution in [3.63, 3.8) is 0 Å². The molecule has 1 aliphatic rings. The first-order valence-electron chi connectivity index (χ1n) is 9.48. The maximum absolute atomic E-state index is 10.5. The second-order valence-corrected chi connectivity index (χ2v) is 6.93. The fraction of sp³-hybridized carbons (Fsp3) is 0.273. The number of ether oxygens (including phenoxy) is 1. The minimum Gasteiger partial charge on any atom is -0.394 e. The van der Waals surface area contributed by atoms with Crippen molar-refractivity contribution in [2.75, 3.05) is 6.61 Å². The van der Waals surface area contributed by atoms with Crippen molar-refractivity contribution >= 4 is 0 Å². The van der Waals surface area contributed by atoms with Crippen LogP contribution in [0, 0.1) is 11.8 Å². The van der Waals surface area contributed by atoms with Gasteiger partial charge < -0.3 is 25.2 Å². The van der Waals surface area contributed by atoms with Crippen LogP contribution in [0.25, 0.3) is 11.3 Å². The van der Waals surface area contributed by atoms with E-state index in [0.717, 1.165) is 11.1 Å². The smallest absolute Gasteiger partial charge is 0.182 e. The van der Waals surface area contributed by atoms with E-state index in [1.165, 1.54) is 4.68 Å². The summed E-state index contributed by atoms with van der Waals surface area (Å²) in [6.45, 7) is -0.535. The predicted molar refractivity (Wildman–Crippen MR) is 107 cm³/mol. The molecule has 0 spiro atoms. The van der Waals surface area contributed by atoms with E-state index in [4.69, 9.17) is 4.74 Å². The van der Waals surface area contributed by atoms with Gasteiger partial charge in [0.15, 0.2) is 6.23 Å². The molecule has 1 saturated heterocycles. The number of hydrogen-bond acceptors (Lipinski definition) is 7. The fourth-order valence-electron chi connectivity index (χ4n) is 3.32. The predicted octanol–water partition coefficient (Wildman–Crippen LogP) is 0.317. The van der Waals surface area contributed by atoms with Crippen LogP contribution in [-0.4, -0.2) is 66.4 Å². The minimum atomic E-state index is -1.53. The lowest BCUT2D eigenvalue weighted by Gasteiger charge is -2.39. The second kappa shape index (κ2) is 8.75. The summed E-state index contributed by atoms with van der Waals surface area (Å²) in [4.78, 5) is 0. The van der Waals surface area contributed by atoms with E-state index < -0.39 is 37.3 Å². The molecular weight excluding hydrogens is 386 g/mol. The lowest BCUT2D eigenvalue weighted by molar-refractivity contribution is -0.254. The number of aliphatic hydroxyl groups excluding tert-OH is 4. The van der Waals surface area contributed by atoms with Crippen LogP contribution >= 0.6 is 0 Å². The molecule has 1 aromatic heterocycles. The Balaban J connectivity index is 1.80.